The normalized spacial score (nSPS) is 12.8. The largest absolute Gasteiger partial charge is 0.480 e. The van der Waals surface area contributed by atoms with Crippen molar-refractivity contribution < 1.29 is 9.90 Å². The van der Waals surface area contributed by atoms with Gasteiger partial charge < -0.3 is 5.11 Å². The van der Waals surface area contributed by atoms with Gasteiger partial charge in [-0.05, 0) is 22.4 Å². The molecule has 0 aliphatic carbocycles. The van der Waals surface area contributed by atoms with Gasteiger partial charge in [0, 0.05) is 0 Å². The van der Waals surface area contributed by atoms with E-state index in [1.807, 2.05) is 0 Å². The molecule has 5 nitrogen and oxygen atoms in total. The maximum atomic E-state index is 10.6. The molecule has 1 rings (SSSR count). The molecule has 6 heteroatoms. The van der Waals surface area contributed by atoms with Crippen LogP contribution in [0, 0.1) is 0 Å². The Morgan fingerprint density at radius 1 is 1.92 bits per heavy atom. The van der Waals surface area contributed by atoms with Gasteiger partial charge in [0.25, 0.3) is 0 Å². The van der Waals surface area contributed by atoms with Crippen molar-refractivity contribution in [2.24, 2.45) is 0 Å². The second-order valence-electron chi connectivity index (χ2n) is 2.26. The van der Waals surface area contributed by atoms with Crippen LogP contribution in [-0.2, 0) is 4.79 Å². The average molecular weight is 234 g/mol. The predicted octanol–water partition coefficient (Wildman–Crippen LogP) is 1.08. The number of halogens is 1. The zero-order chi connectivity index (χ0) is 9.14. The summed E-state index contributed by atoms with van der Waals surface area (Å²) in [5.74, 6) is -0.894. The van der Waals surface area contributed by atoms with Gasteiger partial charge >= 0.3 is 5.97 Å². The molecule has 1 heterocycles. The second kappa shape index (κ2) is 3.66. The van der Waals surface area contributed by atoms with Crippen LogP contribution in [0.4, 0.5) is 0 Å². The molecule has 1 atom stereocenters. The lowest BCUT2D eigenvalue weighted by Crippen LogP contribution is -2.18. The Morgan fingerprint density at radius 3 is 2.92 bits per heavy atom. The van der Waals surface area contributed by atoms with Gasteiger partial charge in [0.15, 0.2) is 6.04 Å². The quantitative estimate of drug-likeness (QED) is 0.849. The third kappa shape index (κ3) is 1.82. The van der Waals surface area contributed by atoms with E-state index in [1.54, 1.807) is 6.92 Å². The molecule has 1 aromatic heterocycles. The SMILES string of the molecule is CC[C@@H](C(=O)O)n1cnc(Br)n1. The van der Waals surface area contributed by atoms with E-state index in [0.29, 0.717) is 11.2 Å². The summed E-state index contributed by atoms with van der Waals surface area (Å²) < 4.78 is 1.73. The number of carbonyl (C=O) groups is 1. The van der Waals surface area contributed by atoms with E-state index in [1.165, 1.54) is 11.0 Å². The number of aromatic nitrogens is 3. The van der Waals surface area contributed by atoms with Gasteiger partial charge in [-0.15, -0.1) is 5.10 Å². The molecule has 0 aliphatic rings. The lowest BCUT2D eigenvalue weighted by Gasteiger charge is -2.07. The van der Waals surface area contributed by atoms with Crippen molar-refractivity contribution in [2.75, 3.05) is 0 Å². The molecule has 1 N–H and O–H groups in total. The highest BCUT2D eigenvalue weighted by atomic mass is 79.9. The van der Waals surface area contributed by atoms with Crippen molar-refractivity contribution in [3.63, 3.8) is 0 Å². The fraction of sp³-hybridized carbons (Fsp3) is 0.500. The van der Waals surface area contributed by atoms with Crippen LogP contribution in [0.3, 0.4) is 0 Å². The Balaban J connectivity index is 2.87. The van der Waals surface area contributed by atoms with Gasteiger partial charge in [-0.25, -0.2) is 14.5 Å². The minimum atomic E-state index is -0.894. The van der Waals surface area contributed by atoms with Crippen molar-refractivity contribution in [1.82, 2.24) is 14.8 Å². The summed E-state index contributed by atoms with van der Waals surface area (Å²) in [6.45, 7) is 1.79. The number of nitrogens with zero attached hydrogens (tertiary/aromatic N) is 3. The molecule has 1 aromatic rings. The van der Waals surface area contributed by atoms with Gasteiger partial charge in [-0.2, -0.15) is 0 Å². The summed E-state index contributed by atoms with van der Waals surface area (Å²) in [5.41, 5.74) is 0. The van der Waals surface area contributed by atoms with Gasteiger partial charge in [-0.3, -0.25) is 0 Å². The number of carboxylic acids is 1. The van der Waals surface area contributed by atoms with Crippen LogP contribution in [0.15, 0.2) is 11.1 Å². The molecule has 0 saturated carbocycles. The van der Waals surface area contributed by atoms with Crippen LogP contribution in [0.2, 0.25) is 0 Å². The van der Waals surface area contributed by atoms with E-state index in [-0.39, 0.29) is 0 Å². The molecule has 66 valence electrons. The van der Waals surface area contributed by atoms with E-state index in [4.69, 9.17) is 5.11 Å². The standard InChI is InChI=1S/C6H8BrN3O2/c1-2-4(5(11)12)10-3-8-6(7)9-10/h3-4H,2H2,1H3,(H,11,12)/t4-/m0/s1. The summed E-state index contributed by atoms with van der Waals surface area (Å²) in [6, 6.07) is -0.621. The van der Waals surface area contributed by atoms with Gasteiger partial charge in [-0.1, -0.05) is 6.92 Å². The van der Waals surface area contributed by atoms with E-state index in [2.05, 4.69) is 26.0 Å². The Hall–Kier alpha value is -0.910. The molecule has 0 spiro atoms. The minimum absolute atomic E-state index is 0.405. The summed E-state index contributed by atoms with van der Waals surface area (Å²) >= 11 is 3.04. The molecular formula is C6H8BrN3O2. The monoisotopic (exact) mass is 233 g/mol. The molecule has 0 saturated heterocycles. The smallest absolute Gasteiger partial charge is 0.328 e. The zero-order valence-corrected chi connectivity index (χ0v) is 8.02. The lowest BCUT2D eigenvalue weighted by atomic mass is 10.2. The van der Waals surface area contributed by atoms with Gasteiger partial charge in [0.05, 0.1) is 0 Å². The molecule has 0 unspecified atom stereocenters. The number of carboxylic acid groups (broad SMARTS) is 1. The van der Waals surface area contributed by atoms with Crippen molar-refractivity contribution in [3.8, 4) is 0 Å². The first-order valence-corrected chi connectivity index (χ1v) is 4.24. The van der Waals surface area contributed by atoms with Gasteiger partial charge in [0.1, 0.15) is 6.33 Å². The maximum absolute atomic E-state index is 10.6. The number of hydrogen-bond acceptors (Lipinski definition) is 3. The Morgan fingerprint density at radius 2 is 2.58 bits per heavy atom. The van der Waals surface area contributed by atoms with Crippen LogP contribution >= 0.6 is 15.9 Å². The molecule has 0 aromatic carbocycles. The Labute approximate surface area is 77.5 Å². The molecule has 0 amide bonds. The average Bonchev–Trinajstić information content (AvgIpc) is 2.37. The van der Waals surface area contributed by atoms with Crippen LogP contribution in [-0.4, -0.2) is 25.8 Å². The topological polar surface area (TPSA) is 68.0 Å². The molecule has 0 radical (unpaired) electrons. The van der Waals surface area contributed by atoms with Crippen molar-refractivity contribution in [2.45, 2.75) is 19.4 Å². The van der Waals surface area contributed by atoms with Crippen molar-refractivity contribution in [3.05, 3.63) is 11.1 Å². The molecule has 0 bridgehead atoms. The van der Waals surface area contributed by atoms with Crippen LogP contribution < -0.4 is 0 Å². The molecule has 0 fully saturated rings. The Bertz CT molecular complexity index is 286. The van der Waals surface area contributed by atoms with E-state index < -0.39 is 12.0 Å². The van der Waals surface area contributed by atoms with Crippen molar-refractivity contribution >= 4 is 21.9 Å². The van der Waals surface area contributed by atoms with Gasteiger partial charge in [0.2, 0.25) is 4.73 Å². The molecular weight excluding hydrogens is 226 g/mol. The number of aliphatic carboxylic acids is 1. The second-order valence-corrected chi connectivity index (χ2v) is 2.97. The highest BCUT2D eigenvalue weighted by Gasteiger charge is 2.17. The number of hydrogen-bond donors (Lipinski definition) is 1. The predicted molar refractivity (Wildman–Crippen MR) is 44.7 cm³/mol. The van der Waals surface area contributed by atoms with E-state index in [9.17, 15) is 4.79 Å². The fourth-order valence-electron chi connectivity index (χ4n) is 0.879. The summed E-state index contributed by atoms with van der Waals surface area (Å²) in [5, 5.41) is 12.6. The Kier molecular flexibility index (Phi) is 2.80. The van der Waals surface area contributed by atoms with Crippen LogP contribution in [0.5, 0.6) is 0 Å². The first kappa shape index (κ1) is 9.18. The minimum Gasteiger partial charge on any atom is -0.480 e. The first-order valence-electron chi connectivity index (χ1n) is 3.44. The third-order valence-corrected chi connectivity index (χ3v) is 1.83. The highest BCUT2D eigenvalue weighted by Crippen LogP contribution is 2.10. The van der Waals surface area contributed by atoms with Crippen molar-refractivity contribution in [1.29, 1.82) is 0 Å². The zero-order valence-electron chi connectivity index (χ0n) is 6.44. The van der Waals surface area contributed by atoms with Crippen LogP contribution in [0.25, 0.3) is 0 Å². The fourth-order valence-corrected chi connectivity index (χ4v) is 1.15. The van der Waals surface area contributed by atoms with E-state index >= 15 is 0 Å². The van der Waals surface area contributed by atoms with E-state index in [0.717, 1.165) is 0 Å². The third-order valence-electron chi connectivity index (χ3n) is 1.47. The van der Waals surface area contributed by atoms with Crippen LogP contribution in [0.1, 0.15) is 19.4 Å². The maximum Gasteiger partial charge on any atom is 0.328 e. The highest BCUT2D eigenvalue weighted by molar-refractivity contribution is 9.10. The number of rotatable bonds is 3. The summed E-state index contributed by atoms with van der Waals surface area (Å²) in [4.78, 5) is 14.4. The molecule has 0 aliphatic heterocycles. The summed E-state index contributed by atoms with van der Waals surface area (Å²) in [7, 11) is 0. The first-order chi connectivity index (χ1) is 5.65. The summed E-state index contributed by atoms with van der Waals surface area (Å²) in [6.07, 6.45) is 1.89. The molecule has 12 heavy (non-hydrogen) atoms. The lowest BCUT2D eigenvalue weighted by molar-refractivity contribution is -0.141.